The van der Waals surface area contributed by atoms with Crippen molar-refractivity contribution in [1.82, 2.24) is 4.98 Å². The van der Waals surface area contributed by atoms with E-state index in [1.54, 1.807) is 27.5 Å². The highest BCUT2D eigenvalue weighted by molar-refractivity contribution is 5.53. The molecule has 0 saturated carbocycles. The highest BCUT2D eigenvalue weighted by atomic mass is 16.5. The average Bonchev–Trinajstić information content (AvgIpc) is 2.52. The van der Waals surface area contributed by atoms with E-state index in [1.807, 2.05) is 30.3 Å². The number of benzene rings is 1. The fourth-order valence-corrected chi connectivity index (χ4v) is 1.88. The Kier molecular flexibility index (Phi) is 4.65. The number of rotatable bonds is 6. The topological polar surface area (TPSA) is 52.6 Å². The monoisotopic (exact) mass is 274 g/mol. The lowest BCUT2D eigenvalue weighted by Gasteiger charge is -2.13. The lowest BCUT2D eigenvalue weighted by Crippen LogP contribution is -2.04. The van der Waals surface area contributed by atoms with Crippen LogP contribution in [-0.2, 0) is 6.54 Å². The molecule has 0 radical (unpaired) electrons. The van der Waals surface area contributed by atoms with Crippen molar-refractivity contribution in [2.75, 3.05) is 26.6 Å². The fraction of sp³-hybridized carbons (Fsp3) is 0.267. The van der Waals surface area contributed by atoms with E-state index in [4.69, 9.17) is 14.2 Å². The molecule has 0 bridgehead atoms. The largest absolute Gasteiger partial charge is 0.497 e. The molecule has 0 aliphatic rings. The first-order chi connectivity index (χ1) is 9.78. The van der Waals surface area contributed by atoms with E-state index in [-0.39, 0.29) is 0 Å². The van der Waals surface area contributed by atoms with Crippen molar-refractivity contribution in [2.45, 2.75) is 6.54 Å². The molecule has 0 amide bonds. The summed E-state index contributed by atoms with van der Waals surface area (Å²) in [6.45, 7) is 0.606. The first-order valence-corrected chi connectivity index (χ1v) is 6.22. The first kappa shape index (κ1) is 14.0. The van der Waals surface area contributed by atoms with Crippen LogP contribution in [0.15, 0.2) is 36.5 Å². The highest BCUT2D eigenvalue weighted by Crippen LogP contribution is 2.26. The van der Waals surface area contributed by atoms with Gasteiger partial charge < -0.3 is 19.5 Å². The Hall–Kier alpha value is -2.43. The van der Waals surface area contributed by atoms with E-state index < -0.39 is 0 Å². The minimum absolute atomic E-state index is 0.569. The van der Waals surface area contributed by atoms with Crippen molar-refractivity contribution in [3.63, 3.8) is 0 Å². The molecule has 0 fully saturated rings. The van der Waals surface area contributed by atoms with E-state index >= 15 is 0 Å². The Labute approximate surface area is 118 Å². The second-order valence-corrected chi connectivity index (χ2v) is 4.09. The minimum atomic E-state index is 0.569. The highest BCUT2D eigenvalue weighted by Gasteiger charge is 2.07. The lowest BCUT2D eigenvalue weighted by molar-refractivity contribution is 0.391. The summed E-state index contributed by atoms with van der Waals surface area (Å²) in [7, 11) is 4.87. The van der Waals surface area contributed by atoms with Crippen LogP contribution in [0.25, 0.3) is 0 Å². The third kappa shape index (κ3) is 3.12. The molecule has 2 rings (SSSR count). The molecule has 0 spiro atoms. The van der Waals surface area contributed by atoms with Crippen LogP contribution in [0.2, 0.25) is 0 Å². The van der Waals surface area contributed by atoms with Crippen LogP contribution in [-0.4, -0.2) is 26.3 Å². The predicted octanol–water partition coefficient (Wildman–Crippen LogP) is 2.72. The van der Waals surface area contributed by atoms with E-state index in [9.17, 15) is 0 Å². The Balaban J connectivity index is 2.14. The zero-order valence-electron chi connectivity index (χ0n) is 11.8. The molecule has 5 heteroatoms. The van der Waals surface area contributed by atoms with Crippen molar-refractivity contribution in [2.24, 2.45) is 0 Å². The zero-order chi connectivity index (χ0) is 14.4. The van der Waals surface area contributed by atoms with Gasteiger partial charge in [-0.25, -0.2) is 4.98 Å². The second-order valence-electron chi connectivity index (χ2n) is 4.09. The van der Waals surface area contributed by atoms with Crippen LogP contribution in [0.1, 0.15) is 5.56 Å². The van der Waals surface area contributed by atoms with Crippen LogP contribution in [0, 0.1) is 0 Å². The van der Waals surface area contributed by atoms with Crippen molar-refractivity contribution in [3.8, 4) is 17.4 Å². The molecule has 5 nitrogen and oxygen atoms in total. The number of hydrogen-bond acceptors (Lipinski definition) is 5. The summed E-state index contributed by atoms with van der Waals surface area (Å²) in [6.07, 6.45) is 1.69. The molecule has 0 unspecified atom stereocenters. The average molecular weight is 274 g/mol. The van der Waals surface area contributed by atoms with Gasteiger partial charge in [0.1, 0.15) is 11.5 Å². The molecule has 0 atom stereocenters. The number of pyridine rings is 1. The number of aromatic nitrogens is 1. The SMILES string of the molecule is COc1ccc(CNc2cccnc2OC)c(OC)c1. The third-order valence-electron chi connectivity index (χ3n) is 2.93. The molecule has 20 heavy (non-hydrogen) atoms. The Morgan fingerprint density at radius 3 is 2.60 bits per heavy atom. The smallest absolute Gasteiger partial charge is 0.237 e. The van der Waals surface area contributed by atoms with Gasteiger partial charge >= 0.3 is 0 Å². The van der Waals surface area contributed by atoms with E-state index in [2.05, 4.69) is 10.3 Å². The van der Waals surface area contributed by atoms with Gasteiger partial charge in [0.2, 0.25) is 5.88 Å². The lowest BCUT2D eigenvalue weighted by atomic mass is 10.2. The fourth-order valence-electron chi connectivity index (χ4n) is 1.88. The summed E-state index contributed by atoms with van der Waals surface area (Å²) >= 11 is 0. The number of nitrogens with zero attached hydrogens (tertiary/aromatic N) is 1. The summed E-state index contributed by atoms with van der Waals surface area (Å²) in [5, 5.41) is 3.28. The van der Waals surface area contributed by atoms with Gasteiger partial charge in [-0.2, -0.15) is 0 Å². The number of hydrogen-bond donors (Lipinski definition) is 1. The molecule has 1 heterocycles. The maximum Gasteiger partial charge on any atom is 0.237 e. The normalized spacial score (nSPS) is 9.95. The molecule has 106 valence electrons. The summed E-state index contributed by atoms with van der Waals surface area (Å²) in [4.78, 5) is 4.14. The van der Waals surface area contributed by atoms with Crippen LogP contribution < -0.4 is 19.5 Å². The van der Waals surface area contributed by atoms with Gasteiger partial charge in [0.05, 0.1) is 27.0 Å². The van der Waals surface area contributed by atoms with E-state index in [0.717, 1.165) is 22.7 Å². The van der Waals surface area contributed by atoms with Crippen molar-refractivity contribution in [3.05, 3.63) is 42.1 Å². The molecule has 1 aromatic carbocycles. The zero-order valence-corrected chi connectivity index (χ0v) is 11.8. The summed E-state index contributed by atoms with van der Waals surface area (Å²) in [5.41, 5.74) is 1.87. The predicted molar refractivity (Wildman–Crippen MR) is 77.7 cm³/mol. The Bertz CT molecular complexity index is 573. The van der Waals surface area contributed by atoms with E-state index in [0.29, 0.717) is 12.4 Å². The standard InChI is InChI=1S/C15H18N2O3/c1-18-12-7-6-11(14(9-12)19-2)10-17-13-5-4-8-16-15(13)20-3/h4-9,17H,10H2,1-3H3. The minimum Gasteiger partial charge on any atom is -0.497 e. The van der Waals surface area contributed by atoms with Crippen LogP contribution in [0.3, 0.4) is 0 Å². The maximum absolute atomic E-state index is 5.37. The van der Waals surface area contributed by atoms with Crippen LogP contribution >= 0.6 is 0 Å². The Morgan fingerprint density at radius 2 is 1.90 bits per heavy atom. The van der Waals surface area contributed by atoms with Gasteiger partial charge in [-0.15, -0.1) is 0 Å². The summed E-state index contributed by atoms with van der Waals surface area (Å²) < 4.78 is 15.7. The first-order valence-electron chi connectivity index (χ1n) is 6.22. The third-order valence-corrected chi connectivity index (χ3v) is 2.93. The van der Waals surface area contributed by atoms with Gasteiger partial charge in [-0.1, -0.05) is 0 Å². The molecular weight excluding hydrogens is 256 g/mol. The van der Waals surface area contributed by atoms with Gasteiger partial charge in [0.15, 0.2) is 0 Å². The summed E-state index contributed by atoms with van der Waals surface area (Å²) in [6, 6.07) is 9.50. The van der Waals surface area contributed by atoms with Gasteiger partial charge in [-0.3, -0.25) is 0 Å². The van der Waals surface area contributed by atoms with Gasteiger partial charge in [0.25, 0.3) is 0 Å². The van der Waals surface area contributed by atoms with Crippen molar-refractivity contribution < 1.29 is 14.2 Å². The summed E-state index contributed by atoms with van der Waals surface area (Å²) in [5.74, 6) is 2.12. The van der Waals surface area contributed by atoms with E-state index in [1.165, 1.54) is 0 Å². The van der Waals surface area contributed by atoms with Crippen LogP contribution in [0.4, 0.5) is 5.69 Å². The number of anilines is 1. The van der Waals surface area contributed by atoms with Crippen LogP contribution in [0.5, 0.6) is 17.4 Å². The molecule has 0 saturated heterocycles. The van der Waals surface area contributed by atoms with Crippen molar-refractivity contribution in [1.29, 1.82) is 0 Å². The quantitative estimate of drug-likeness (QED) is 0.877. The molecule has 0 aliphatic carbocycles. The second kappa shape index (κ2) is 6.65. The van der Waals surface area contributed by atoms with Crippen molar-refractivity contribution >= 4 is 5.69 Å². The number of methoxy groups -OCH3 is 3. The molecular formula is C15H18N2O3. The molecule has 1 N–H and O–H groups in total. The van der Waals surface area contributed by atoms with Gasteiger partial charge in [0, 0.05) is 24.4 Å². The molecule has 0 aliphatic heterocycles. The number of nitrogens with one attached hydrogen (secondary N) is 1. The molecule has 2 aromatic rings. The Morgan fingerprint density at radius 1 is 1.05 bits per heavy atom. The molecule has 1 aromatic heterocycles. The number of ether oxygens (including phenoxy) is 3. The van der Waals surface area contributed by atoms with Gasteiger partial charge in [-0.05, 0) is 24.3 Å². The maximum atomic E-state index is 5.37.